The minimum atomic E-state index is -5.83. The summed E-state index contributed by atoms with van der Waals surface area (Å²) >= 11 is 0. The molecule has 0 saturated carbocycles. The average molecular weight is 285 g/mol. The Morgan fingerprint density at radius 2 is 1.72 bits per heavy atom. The van der Waals surface area contributed by atoms with Crippen LogP contribution in [0.15, 0.2) is 0 Å². The molecule has 0 aromatic carbocycles. The zero-order chi connectivity index (χ0) is 14.6. The second-order valence-corrected chi connectivity index (χ2v) is 2.90. The van der Waals surface area contributed by atoms with Gasteiger partial charge >= 0.3 is 24.4 Å². The molecular weight excluding hydrogens is 276 g/mol. The molecule has 108 valence electrons. The van der Waals surface area contributed by atoms with Gasteiger partial charge in [-0.2, -0.15) is 26.3 Å². The molecule has 0 radical (unpaired) electrons. The third-order valence-corrected chi connectivity index (χ3v) is 1.32. The Bertz CT molecular complexity index is 292. The first-order valence-corrected chi connectivity index (χ1v) is 4.38. The van der Waals surface area contributed by atoms with Crippen LogP contribution in [0.1, 0.15) is 6.92 Å². The molecule has 0 saturated heterocycles. The Labute approximate surface area is 96.7 Å². The molecule has 0 rings (SSSR count). The monoisotopic (exact) mass is 285 g/mol. The maximum absolute atomic E-state index is 12.6. The number of hydrogen-bond acceptors (Lipinski definition) is 4. The molecule has 0 aliphatic carbocycles. The van der Waals surface area contributed by atoms with E-state index >= 15 is 0 Å². The van der Waals surface area contributed by atoms with Crippen molar-refractivity contribution >= 4 is 6.09 Å². The lowest BCUT2D eigenvalue weighted by Gasteiger charge is -2.25. The fraction of sp³-hybridized carbons (Fsp3) is 0.857. The zero-order valence-electron chi connectivity index (χ0n) is 8.85. The molecule has 2 N–H and O–H groups in total. The topological polar surface area (TPSA) is 67.8 Å². The molecule has 11 heteroatoms. The third-order valence-electron chi connectivity index (χ3n) is 1.32. The van der Waals surface area contributed by atoms with E-state index in [2.05, 4.69) is 9.47 Å². The number of alkyl carbamates (subject to hydrolysis) is 1. The number of ether oxygens (including phenoxy) is 2. The van der Waals surface area contributed by atoms with Crippen molar-refractivity contribution in [3.05, 3.63) is 0 Å². The number of halogens is 6. The highest BCUT2D eigenvalue weighted by Gasteiger charge is 2.62. The van der Waals surface area contributed by atoms with Crippen molar-refractivity contribution in [1.29, 1.82) is 0 Å². The number of alkyl halides is 6. The van der Waals surface area contributed by atoms with Crippen molar-refractivity contribution in [2.75, 3.05) is 13.2 Å². The molecule has 0 unspecified atom stereocenters. The van der Waals surface area contributed by atoms with Crippen LogP contribution in [0.2, 0.25) is 0 Å². The summed E-state index contributed by atoms with van der Waals surface area (Å²) in [6, 6.07) is 0. The van der Waals surface area contributed by atoms with E-state index in [1.165, 1.54) is 6.92 Å². The number of carbonyl (C=O) groups excluding carboxylic acids is 1. The Hall–Kier alpha value is -1.23. The van der Waals surface area contributed by atoms with Crippen molar-refractivity contribution in [2.24, 2.45) is 0 Å². The minimum absolute atomic E-state index is 0.0101. The van der Waals surface area contributed by atoms with Crippen molar-refractivity contribution < 1.29 is 45.7 Å². The van der Waals surface area contributed by atoms with E-state index in [4.69, 9.17) is 5.11 Å². The molecule has 0 atom stereocenters. The van der Waals surface area contributed by atoms with E-state index in [1.54, 1.807) is 0 Å². The Balaban J connectivity index is 4.44. The lowest BCUT2D eigenvalue weighted by molar-refractivity contribution is -0.475. The smallest absolute Gasteiger partial charge is 0.440 e. The van der Waals surface area contributed by atoms with Gasteiger partial charge in [0, 0.05) is 6.54 Å². The number of amides is 1. The summed E-state index contributed by atoms with van der Waals surface area (Å²) in [4.78, 5) is 10.5. The van der Waals surface area contributed by atoms with Crippen LogP contribution in [-0.4, -0.2) is 42.7 Å². The molecule has 1 amide bonds. The first-order valence-electron chi connectivity index (χ1n) is 4.38. The molecule has 0 bridgehead atoms. The summed E-state index contributed by atoms with van der Waals surface area (Å²) < 4.78 is 79.4. The molecule has 0 aliphatic heterocycles. The molecule has 18 heavy (non-hydrogen) atoms. The van der Waals surface area contributed by atoms with E-state index in [9.17, 15) is 31.1 Å². The van der Waals surface area contributed by atoms with Crippen LogP contribution in [-0.2, 0) is 9.47 Å². The first-order chi connectivity index (χ1) is 7.91. The van der Waals surface area contributed by atoms with Crippen LogP contribution in [0, 0.1) is 0 Å². The molecule has 0 heterocycles. The Morgan fingerprint density at radius 1 is 1.22 bits per heavy atom. The van der Waals surface area contributed by atoms with Crippen molar-refractivity contribution in [1.82, 2.24) is 5.32 Å². The van der Waals surface area contributed by atoms with Crippen molar-refractivity contribution in [2.45, 2.75) is 25.2 Å². The van der Waals surface area contributed by atoms with Gasteiger partial charge in [-0.25, -0.2) is 9.53 Å². The predicted octanol–water partition coefficient (Wildman–Crippen LogP) is 1.52. The normalized spacial score (nSPS) is 13.3. The predicted molar refractivity (Wildman–Crippen MR) is 43.2 cm³/mol. The lowest BCUT2D eigenvalue weighted by atomic mass is 10.5. The van der Waals surface area contributed by atoms with E-state index < -0.39 is 31.0 Å². The third kappa shape index (κ3) is 5.40. The Morgan fingerprint density at radius 3 is 2.11 bits per heavy atom. The van der Waals surface area contributed by atoms with E-state index in [0.29, 0.717) is 0 Å². The number of aliphatic hydroxyl groups is 1. The van der Waals surface area contributed by atoms with Gasteiger partial charge in [0.05, 0.1) is 0 Å². The highest BCUT2D eigenvalue weighted by Crippen LogP contribution is 2.37. The number of hydrogen-bond donors (Lipinski definition) is 2. The summed E-state index contributed by atoms with van der Waals surface area (Å²) in [6.45, 7) is -0.600. The van der Waals surface area contributed by atoms with Crippen LogP contribution in [0.3, 0.4) is 0 Å². The van der Waals surface area contributed by atoms with Crippen LogP contribution in [0.5, 0.6) is 0 Å². The van der Waals surface area contributed by atoms with Crippen LogP contribution in [0.25, 0.3) is 0 Å². The van der Waals surface area contributed by atoms with E-state index in [-0.39, 0.29) is 6.54 Å². The first kappa shape index (κ1) is 16.8. The van der Waals surface area contributed by atoms with E-state index in [1.807, 2.05) is 5.32 Å². The van der Waals surface area contributed by atoms with Crippen LogP contribution in [0.4, 0.5) is 31.1 Å². The Kier molecular flexibility index (Phi) is 5.22. The maximum atomic E-state index is 12.6. The summed E-state index contributed by atoms with van der Waals surface area (Å²) in [5, 5.41) is 9.48. The second-order valence-electron chi connectivity index (χ2n) is 2.90. The minimum Gasteiger partial charge on any atom is -0.440 e. The molecule has 5 nitrogen and oxygen atoms in total. The molecule has 0 aromatic heterocycles. The molecule has 0 fully saturated rings. The summed E-state index contributed by atoms with van der Waals surface area (Å²) in [7, 11) is 0. The average Bonchev–Trinajstić information content (AvgIpc) is 2.12. The van der Waals surface area contributed by atoms with Gasteiger partial charge in [0.2, 0.25) is 0 Å². The van der Waals surface area contributed by atoms with Gasteiger partial charge in [0.25, 0.3) is 0 Å². The highest BCUT2D eigenvalue weighted by molar-refractivity contribution is 5.66. The van der Waals surface area contributed by atoms with Crippen molar-refractivity contribution in [3.63, 3.8) is 0 Å². The van der Waals surface area contributed by atoms with Gasteiger partial charge in [-0.3, -0.25) is 0 Å². The van der Waals surface area contributed by atoms with Gasteiger partial charge in [0.15, 0.2) is 6.61 Å². The zero-order valence-corrected chi connectivity index (χ0v) is 8.85. The number of carbonyl (C=O) groups is 1. The van der Waals surface area contributed by atoms with Gasteiger partial charge in [-0.15, -0.1) is 0 Å². The van der Waals surface area contributed by atoms with E-state index in [0.717, 1.165) is 0 Å². The largest absolute Gasteiger partial charge is 0.452 e. The van der Waals surface area contributed by atoms with Gasteiger partial charge in [-0.1, -0.05) is 0 Å². The second kappa shape index (κ2) is 5.61. The lowest BCUT2D eigenvalue weighted by Crippen LogP contribution is -2.48. The van der Waals surface area contributed by atoms with Crippen LogP contribution < -0.4 is 5.32 Å². The quantitative estimate of drug-likeness (QED) is 0.726. The maximum Gasteiger partial charge on any atom is 0.452 e. The summed E-state index contributed by atoms with van der Waals surface area (Å²) in [6.07, 6.45) is -17.9. The molecule has 0 aliphatic rings. The highest BCUT2D eigenvalue weighted by atomic mass is 19.3. The van der Waals surface area contributed by atoms with Crippen molar-refractivity contribution in [3.8, 4) is 0 Å². The van der Waals surface area contributed by atoms with Crippen LogP contribution >= 0.6 is 0 Å². The van der Waals surface area contributed by atoms with Gasteiger partial charge < -0.3 is 15.2 Å². The molecule has 0 spiro atoms. The number of nitrogens with one attached hydrogen (secondary N) is 1. The molecule has 0 aromatic rings. The summed E-state index contributed by atoms with van der Waals surface area (Å²) in [5.74, 6) is 0. The summed E-state index contributed by atoms with van der Waals surface area (Å²) in [5.41, 5.74) is 0. The molecular formula is C7H9F6NO4. The standard InChI is InChI=1S/C7H9F6NO4/c1-2-14-4(15)17-3-5(8,9)18-7(12,13)6(10,11)16/h16H,2-3H2,1H3,(H,14,15). The fourth-order valence-corrected chi connectivity index (χ4v) is 0.623. The van der Waals surface area contributed by atoms with Gasteiger partial charge in [0.1, 0.15) is 0 Å². The number of rotatable bonds is 6. The fourth-order valence-electron chi connectivity index (χ4n) is 0.623. The van der Waals surface area contributed by atoms with Gasteiger partial charge in [-0.05, 0) is 6.92 Å². The SMILES string of the molecule is CCNC(=O)OCC(F)(F)OC(F)(F)C(O)(F)F.